The van der Waals surface area contributed by atoms with Crippen molar-refractivity contribution in [3.05, 3.63) is 35.4 Å². The van der Waals surface area contributed by atoms with Crippen molar-refractivity contribution in [1.82, 2.24) is 5.32 Å². The summed E-state index contributed by atoms with van der Waals surface area (Å²) in [6, 6.07) is 7.46. The van der Waals surface area contributed by atoms with Crippen LogP contribution in [0.2, 0.25) is 0 Å². The molecule has 0 bridgehead atoms. The molecule has 17 heavy (non-hydrogen) atoms. The van der Waals surface area contributed by atoms with E-state index < -0.39 is 0 Å². The molecule has 0 fully saturated rings. The van der Waals surface area contributed by atoms with Gasteiger partial charge in [0.1, 0.15) is 0 Å². The van der Waals surface area contributed by atoms with Crippen molar-refractivity contribution in [1.29, 1.82) is 0 Å². The predicted molar refractivity (Wildman–Crippen MR) is 69.1 cm³/mol. The van der Waals surface area contributed by atoms with Crippen LogP contribution in [0.4, 0.5) is 0 Å². The maximum atomic E-state index is 11.7. The van der Waals surface area contributed by atoms with E-state index in [2.05, 4.69) is 12.2 Å². The first-order valence-corrected chi connectivity index (χ1v) is 6.18. The smallest absolute Gasteiger partial charge is 0.251 e. The molecule has 0 spiro atoms. The Morgan fingerprint density at radius 3 is 2.53 bits per heavy atom. The van der Waals surface area contributed by atoms with Crippen LogP contribution >= 0.6 is 0 Å². The van der Waals surface area contributed by atoms with E-state index in [-0.39, 0.29) is 18.6 Å². The van der Waals surface area contributed by atoms with Crippen molar-refractivity contribution in [2.45, 2.75) is 39.2 Å². The van der Waals surface area contributed by atoms with Crippen LogP contribution in [0.15, 0.2) is 24.3 Å². The molecule has 1 amide bonds. The Kier molecular flexibility index (Phi) is 5.70. The number of hydrogen-bond donors (Lipinski definition) is 2. The molecular formula is C14H21NO2. The topological polar surface area (TPSA) is 49.3 Å². The summed E-state index contributed by atoms with van der Waals surface area (Å²) >= 11 is 0. The Hall–Kier alpha value is -1.35. The molecule has 0 heterocycles. The van der Waals surface area contributed by atoms with Gasteiger partial charge in [-0.3, -0.25) is 4.79 Å². The molecule has 0 aliphatic carbocycles. The molecular weight excluding hydrogens is 214 g/mol. The quantitative estimate of drug-likeness (QED) is 0.793. The van der Waals surface area contributed by atoms with Crippen LogP contribution in [0.5, 0.6) is 0 Å². The first-order valence-electron chi connectivity index (χ1n) is 6.18. The number of aliphatic hydroxyl groups is 1. The van der Waals surface area contributed by atoms with Crippen LogP contribution in [0.25, 0.3) is 0 Å². The fourth-order valence-electron chi connectivity index (χ4n) is 1.56. The Bertz CT molecular complexity index is 346. The first kappa shape index (κ1) is 13.7. The molecule has 1 aromatic carbocycles. The number of unbranched alkanes of at least 4 members (excludes halogenated alkanes) is 1. The number of carbonyl (C=O) groups is 1. The molecule has 0 aromatic heterocycles. The Labute approximate surface area is 103 Å². The summed E-state index contributed by atoms with van der Waals surface area (Å²) < 4.78 is 0. The van der Waals surface area contributed by atoms with E-state index in [1.165, 1.54) is 18.4 Å². The van der Waals surface area contributed by atoms with Crippen molar-refractivity contribution in [3.63, 3.8) is 0 Å². The lowest BCUT2D eigenvalue weighted by Crippen LogP contribution is -2.34. The lowest BCUT2D eigenvalue weighted by Gasteiger charge is -2.10. The molecule has 0 saturated carbocycles. The molecule has 0 unspecified atom stereocenters. The molecule has 1 rings (SSSR count). The maximum Gasteiger partial charge on any atom is 0.251 e. The molecule has 2 N–H and O–H groups in total. The molecule has 3 heteroatoms. The van der Waals surface area contributed by atoms with Crippen LogP contribution in [0.1, 0.15) is 42.6 Å². The van der Waals surface area contributed by atoms with Crippen molar-refractivity contribution in [3.8, 4) is 0 Å². The lowest BCUT2D eigenvalue weighted by atomic mass is 10.1. The number of carbonyl (C=O) groups excluding carboxylic acids is 1. The number of nitrogens with one attached hydrogen (secondary N) is 1. The van der Waals surface area contributed by atoms with E-state index in [1.54, 1.807) is 6.92 Å². The molecule has 94 valence electrons. The summed E-state index contributed by atoms with van der Waals surface area (Å²) in [5.74, 6) is -0.131. The normalized spacial score (nSPS) is 12.2. The molecule has 0 aliphatic heterocycles. The molecule has 0 aliphatic rings. The van der Waals surface area contributed by atoms with Crippen LogP contribution in [-0.2, 0) is 6.42 Å². The SMILES string of the molecule is CCCCc1ccc(C(=O)N[C@H](C)CO)cc1. The average Bonchev–Trinajstić information content (AvgIpc) is 2.36. The van der Waals surface area contributed by atoms with Crippen molar-refractivity contribution >= 4 is 5.91 Å². The van der Waals surface area contributed by atoms with Gasteiger partial charge >= 0.3 is 0 Å². The highest BCUT2D eigenvalue weighted by molar-refractivity contribution is 5.94. The third-order valence-electron chi connectivity index (χ3n) is 2.69. The van der Waals surface area contributed by atoms with Gasteiger partial charge in [0.2, 0.25) is 0 Å². The largest absolute Gasteiger partial charge is 0.394 e. The number of aryl methyl sites for hydroxylation is 1. The monoisotopic (exact) mass is 235 g/mol. The van der Waals surface area contributed by atoms with Gasteiger partial charge in [-0.1, -0.05) is 25.5 Å². The minimum atomic E-state index is -0.206. The molecule has 0 saturated heterocycles. The summed E-state index contributed by atoms with van der Waals surface area (Å²) in [6.45, 7) is 3.89. The minimum Gasteiger partial charge on any atom is -0.394 e. The molecule has 3 nitrogen and oxygen atoms in total. The second kappa shape index (κ2) is 7.07. The summed E-state index contributed by atoms with van der Waals surface area (Å²) in [4.78, 5) is 11.7. The number of amides is 1. The number of hydrogen-bond acceptors (Lipinski definition) is 2. The minimum absolute atomic E-state index is 0.0413. The van der Waals surface area contributed by atoms with Gasteiger partial charge in [-0.05, 0) is 37.5 Å². The summed E-state index contributed by atoms with van der Waals surface area (Å²) in [5, 5.41) is 11.6. The highest BCUT2D eigenvalue weighted by atomic mass is 16.3. The van der Waals surface area contributed by atoms with Crippen LogP contribution in [-0.4, -0.2) is 23.7 Å². The van der Waals surface area contributed by atoms with E-state index in [0.29, 0.717) is 5.56 Å². The Morgan fingerprint density at radius 2 is 2.00 bits per heavy atom. The summed E-state index contributed by atoms with van der Waals surface area (Å²) in [5.41, 5.74) is 1.91. The zero-order valence-electron chi connectivity index (χ0n) is 10.6. The van der Waals surface area contributed by atoms with Gasteiger partial charge in [-0.15, -0.1) is 0 Å². The fraction of sp³-hybridized carbons (Fsp3) is 0.500. The number of benzene rings is 1. The van der Waals surface area contributed by atoms with Gasteiger partial charge in [0.15, 0.2) is 0 Å². The van der Waals surface area contributed by atoms with Crippen LogP contribution in [0, 0.1) is 0 Å². The fourth-order valence-corrected chi connectivity index (χ4v) is 1.56. The highest BCUT2D eigenvalue weighted by Gasteiger charge is 2.08. The molecule has 1 atom stereocenters. The Balaban J connectivity index is 2.57. The van der Waals surface area contributed by atoms with E-state index in [9.17, 15) is 4.79 Å². The number of rotatable bonds is 6. The third kappa shape index (κ3) is 4.57. The van der Waals surface area contributed by atoms with Crippen molar-refractivity contribution in [2.24, 2.45) is 0 Å². The second-order valence-electron chi connectivity index (χ2n) is 4.36. The second-order valence-corrected chi connectivity index (χ2v) is 4.36. The van der Waals surface area contributed by atoms with Gasteiger partial charge in [-0.25, -0.2) is 0 Å². The van der Waals surface area contributed by atoms with E-state index in [0.717, 1.165) is 6.42 Å². The van der Waals surface area contributed by atoms with Crippen LogP contribution in [0.3, 0.4) is 0 Å². The maximum absolute atomic E-state index is 11.7. The van der Waals surface area contributed by atoms with E-state index >= 15 is 0 Å². The highest BCUT2D eigenvalue weighted by Crippen LogP contribution is 2.08. The Morgan fingerprint density at radius 1 is 1.35 bits per heavy atom. The lowest BCUT2D eigenvalue weighted by molar-refractivity contribution is 0.0922. The average molecular weight is 235 g/mol. The summed E-state index contributed by atoms with van der Waals surface area (Å²) in [7, 11) is 0. The van der Waals surface area contributed by atoms with Crippen molar-refractivity contribution < 1.29 is 9.90 Å². The van der Waals surface area contributed by atoms with Gasteiger partial charge < -0.3 is 10.4 Å². The first-order chi connectivity index (χ1) is 8.17. The van der Waals surface area contributed by atoms with Gasteiger partial charge in [-0.2, -0.15) is 0 Å². The standard InChI is InChI=1S/C14H21NO2/c1-3-4-5-12-6-8-13(9-7-12)14(17)15-11(2)10-16/h6-9,11,16H,3-5,10H2,1-2H3,(H,15,17)/t11-/m1/s1. The van der Waals surface area contributed by atoms with Gasteiger partial charge in [0.25, 0.3) is 5.91 Å². The van der Waals surface area contributed by atoms with Gasteiger partial charge in [0, 0.05) is 11.6 Å². The molecule has 1 aromatic rings. The predicted octanol–water partition coefficient (Wildman–Crippen LogP) is 2.14. The van der Waals surface area contributed by atoms with Gasteiger partial charge in [0.05, 0.1) is 6.61 Å². The third-order valence-corrected chi connectivity index (χ3v) is 2.69. The zero-order chi connectivity index (χ0) is 12.7. The van der Waals surface area contributed by atoms with Crippen molar-refractivity contribution in [2.75, 3.05) is 6.61 Å². The number of aliphatic hydroxyl groups excluding tert-OH is 1. The molecule has 0 radical (unpaired) electrons. The van der Waals surface area contributed by atoms with E-state index in [1.807, 2.05) is 24.3 Å². The van der Waals surface area contributed by atoms with Crippen LogP contribution < -0.4 is 5.32 Å². The zero-order valence-corrected chi connectivity index (χ0v) is 10.6. The van der Waals surface area contributed by atoms with E-state index in [4.69, 9.17) is 5.11 Å². The summed E-state index contributed by atoms with van der Waals surface area (Å²) in [6.07, 6.45) is 3.41.